The highest BCUT2D eigenvalue weighted by Gasteiger charge is 2.26. The minimum Gasteiger partial charge on any atom is -0.392 e. The van der Waals surface area contributed by atoms with Crippen molar-refractivity contribution >= 4 is 11.8 Å². The van der Waals surface area contributed by atoms with E-state index >= 15 is 0 Å². The summed E-state index contributed by atoms with van der Waals surface area (Å²) in [6.45, 7) is 2.40. The molecule has 0 amide bonds. The van der Waals surface area contributed by atoms with Crippen LogP contribution in [0, 0.1) is 0 Å². The van der Waals surface area contributed by atoms with E-state index in [0.717, 1.165) is 25.0 Å². The molecule has 1 fully saturated rings. The zero-order valence-electron chi connectivity index (χ0n) is 9.70. The highest BCUT2D eigenvalue weighted by Crippen LogP contribution is 2.19. The van der Waals surface area contributed by atoms with Gasteiger partial charge in [-0.05, 0) is 26.0 Å². The lowest BCUT2D eigenvalue weighted by atomic mass is 9.92. The van der Waals surface area contributed by atoms with E-state index in [1.165, 1.54) is 6.42 Å². The Morgan fingerprint density at radius 3 is 2.67 bits per heavy atom. The molecule has 0 aromatic rings. The summed E-state index contributed by atoms with van der Waals surface area (Å²) in [5.41, 5.74) is -0.670. The summed E-state index contributed by atoms with van der Waals surface area (Å²) in [5.74, 6) is 0.725. The van der Waals surface area contributed by atoms with E-state index in [-0.39, 0.29) is 12.1 Å². The van der Waals surface area contributed by atoms with Gasteiger partial charge in [0.1, 0.15) is 0 Å². The predicted octanol–water partition coefficient (Wildman–Crippen LogP) is 0.993. The Balaban J connectivity index is 2.28. The van der Waals surface area contributed by atoms with Gasteiger partial charge in [0.25, 0.3) is 0 Å². The highest BCUT2D eigenvalue weighted by molar-refractivity contribution is 7.98. The molecule has 3 N–H and O–H groups in total. The number of aliphatic hydroxyl groups excluding tert-OH is 1. The average Bonchev–Trinajstić information content (AvgIpc) is 2.16. The van der Waals surface area contributed by atoms with Crippen LogP contribution in [0.3, 0.4) is 0 Å². The smallest absolute Gasteiger partial charge is 0.0833 e. The monoisotopic (exact) mass is 233 g/mol. The fraction of sp³-hybridized carbons (Fsp3) is 1.00. The Hall–Kier alpha value is 0.230. The van der Waals surface area contributed by atoms with E-state index in [1.807, 2.05) is 13.2 Å². The lowest BCUT2D eigenvalue weighted by Gasteiger charge is -2.32. The first-order valence-electron chi connectivity index (χ1n) is 5.68. The first-order valence-corrected chi connectivity index (χ1v) is 7.07. The minimum atomic E-state index is -0.670. The molecule has 3 atom stereocenters. The molecule has 90 valence electrons. The third-order valence-electron chi connectivity index (χ3n) is 2.93. The molecule has 1 aliphatic carbocycles. The molecule has 1 aliphatic rings. The molecule has 0 saturated heterocycles. The fourth-order valence-corrected chi connectivity index (χ4v) is 2.79. The van der Waals surface area contributed by atoms with Crippen molar-refractivity contribution in [2.45, 2.75) is 50.4 Å². The van der Waals surface area contributed by atoms with E-state index in [0.29, 0.717) is 6.54 Å². The van der Waals surface area contributed by atoms with Crippen LogP contribution < -0.4 is 5.32 Å². The molecular formula is C11H23NO2S. The van der Waals surface area contributed by atoms with Gasteiger partial charge in [-0.3, -0.25) is 0 Å². The number of aliphatic hydroxyl groups is 2. The molecule has 1 rings (SSSR count). The zero-order chi connectivity index (χ0) is 11.3. The van der Waals surface area contributed by atoms with E-state index in [9.17, 15) is 10.2 Å². The maximum Gasteiger partial charge on any atom is 0.0833 e. The number of thioether (sulfide) groups is 1. The Bertz CT molecular complexity index is 187. The van der Waals surface area contributed by atoms with Gasteiger partial charge >= 0.3 is 0 Å². The van der Waals surface area contributed by atoms with Gasteiger partial charge in [-0.1, -0.05) is 12.8 Å². The largest absolute Gasteiger partial charge is 0.392 e. The second-order valence-corrected chi connectivity index (χ2v) is 5.64. The second kappa shape index (κ2) is 6.09. The third kappa shape index (κ3) is 4.72. The van der Waals surface area contributed by atoms with Crippen molar-refractivity contribution in [3.05, 3.63) is 0 Å². The van der Waals surface area contributed by atoms with Gasteiger partial charge in [-0.25, -0.2) is 0 Å². The summed E-state index contributed by atoms with van der Waals surface area (Å²) in [4.78, 5) is 0. The van der Waals surface area contributed by atoms with Crippen molar-refractivity contribution in [2.24, 2.45) is 0 Å². The molecule has 0 heterocycles. The summed E-state index contributed by atoms with van der Waals surface area (Å²) < 4.78 is 0. The molecule has 0 spiro atoms. The molecule has 0 radical (unpaired) electrons. The first-order chi connectivity index (χ1) is 7.05. The lowest BCUT2D eigenvalue weighted by Crippen LogP contribution is -2.49. The van der Waals surface area contributed by atoms with Crippen LogP contribution in [0.4, 0.5) is 0 Å². The van der Waals surface area contributed by atoms with Crippen LogP contribution in [0.25, 0.3) is 0 Å². The molecule has 3 nitrogen and oxygen atoms in total. The van der Waals surface area contributed by atoms with Crippen molar-refractivity contribution < 1.29 is 10.2 Å². The van der Waals surface area contributed by atoms with Crippen molar-refractivity contribution in [1.29, 1.82) is 0 Å². The molecular weight excluding hydrogens is 210 g/mol. The number of rotatable bonds is 5. The van der Waals surface area contributed by atoms with E-state index in [4.69, 9.17) is 0 Å². The quantitative estimate of drug-likeness (QED) is 0.663. The van der Waals surface area contributed by atoms with E-state index < -0.39 is 5.60 Å². The molecule has 0 bridgehead atoms. The first kappa shape index (κ1) is 13.3. The third-order valence-corrected chi connectivity index (χ3v) is 3.84. The summed E-state index contributed by atoms with van der Waals surface area (Å²) in [6.07, 6.45) is 5.98. The SMILES string of the molecule is CSCC(C)(O)CNC1CCCCC1O. The molecule has 1 saturated carbocycles. The lowest BCUT2D eigenvalue weighted by molar-refractivity contribution is 0.0527. The van der Waals surface area contributed by atoms with Gasteiger partial charge in [-0.2, -0.15) is 11.8 Å². The highest BCUT2D eigenvalue weighted by atomic mass is 32.2. The average molecular weight is 233 g/mol. The van der Waals surface area contributed by atoms with Gasteiger partial charge in [-0.15, -0.1) is 0 Å². The second-order valence-electron chi connectivity index (χ2n) is 4.77. The van der Waals surface area contributed by atoms with Crippen LogP contribution in [-0.4, -0.2) is 46.5 Å². The van der Waals surface area contributed by atoms with Crippen LogP contribution in [0.2, 0.25) is 0 Å². The van der Waals surface area contributed by atoms with Gasteiger partial charge in [0.05, 0.1) is 11.7 Å². The Morgan fingerprint density at radius 1 is 1.40 bits per heavy atom. The Morgan fingerprint density at radius 2 is 2.07 bits per heavy atom. The Kier molecular flexibility index (Phi) is 5.39. The molecule has 0 aromatic carbocycles. The Labute approximate surface area is 96.6 Å². The molecule has 0 aromatic heterocycles. The molecule has 15 heavy (non-hydrogen) atoms. The van der Waals surface area contributed by atoms with Crippen LogP contribution in [-0.2, 0) is 0 Å². The number of hydrogen-bond acceptors (Lipinski definition) is 4. The van der Waals surface area contributed by atoms with Crippen molar-refractivity contribution in [3.63, 3.8) is 0 Å². The van der Waals surface area contributed by atoms with E-state index in [1.54, 1.807) is 11.8 Å². The van der Waals surface area contributed by atoms with Crippen molar-refractivity contribution in [3.8, 4) is 0 Å². The summed E-state index contributed by atoms with van der Waals surface area (Å²) >= 11 is 1.64. The molecule has 0 aliphatic heterocycles. The summed E-state index contributed by atoms with van der Waals surface area (Å²) in [5, 5.41) is 23.0. The predicted molar refractivity (Wildman–Crippen MR) is 65.3 cm³/mol. The molecule has 3 unspecified atom stereocenters. The zero-order valence-corrected chi connectivity index (χ0v) is 10.5. The van der Waals surface area contributed by atoms with Crippen molar-refractivity contribution in [1.82, 2.24) is 5.32 Å². The summed E-state index contributed by atoms with van der Waals surface area (Å²) in [7, 11) is 0. The van der Waals surface area contributed by atoms with Crippen LogP contribution in [0.5, 0.6) is 0 Å². The molecule has 4 heteroatoms. The summed E-state index contributed by atoms with van der Waals surface area (Å²) in [6, 6.07) is 0.173. The fourth-order valence-electron chi connectivity index (χ4n) is 2.06. The normalized spacial score (nSPS) is 31.2. The number of hydrogen-bond donors (Lipinski definition) is 3. The van der Waals surface area contributed by atoms with Gasteiger partial charge < -0.3 is 15.5 Å². The van der Waals surface area contributed by atoms with Gasteiger partial charge in [0, 0.05) is 18.3 Å². The van der Waals surface area contributed by atoms with E-state index in [2.05, 4.69) is 5.32 Å². The van der Waals surface area contributed by atoms with Crippen LogP contribution in [0.1, 0.15) is 32.6 Å². The van der Waals surface area contributed by atoms with Gasteiger partial charge in [0.15, 0.2) is 0 Å². The topological polar surface area (TPSA) is 52.5 Å². The van der Waals surface area contributed by atoms with Crippen molar-refractivity contribution in [2.75, 3.05) is 18.6 Å². The maximum atomic E-state index is 9.97. The minimum absolute atomic E-state index is 0.173. The van der Waals surface area contributed by atoms with Crippen LogP contribution >= 0.6 is 11.8 Å². The standard InChI is InChI=1S/C11H23NO2S/c1-11(14,8-15-2)7-12-9-5-3-4-6-10(9)13/h9-10,12-14H,3-8H2,1-2H3. The van der Waals surface area contributed by atoms with Gasteiger partial charge in [0.2, 0.25) is 0 Å². The van der Waals surface area contributed by atoms with Crippen LogP contribution in [0.15, 0.2) is 0 Å². The maximum absolute atomic E-state index is 9.97. The number of nitrogens with one attached hydrogen (secondary N) is 1.